The predicted octanol–water partition coefficient (Wildman–Crippen LogP) is 1.95. The molecule has 1 fully saturated rings. The van der Waals surface area contributed by atoms with Gasteiger partial charge in [0.1, 0.15) is 23.9 Å². The highest BCUT2D eigenvalue weighted by atomic mass is 16.7. The van der Waals surface area contributed by atoms with E-state index >= 15 is 0 Å². The summed E-state index contributed by atoms with van der Waals surface area (Å²) < 4.78 is 17.2. The molecule has 0 spiro atoms. The fourth-order valence-electron chi connectivity index (χ4n) is 5.60. The van der Waals surface area contributed by atoms with Crippen molar-refractivity contribution in [2.75, 3.05) is 13.7 Å². The molecule has 10 heteroatoms. The van der Waals surface area contributed by atoms with Crippen LogP contribution in [0.5, 0.6) is 17.2 Å². The van der Waals surface area contributed by atoms with Crippen molar-refractivity contribution in [2.45, 2.75) is 57.2 Å². The van der Waals surface area contributed by atoms with E-state index in [0.717, 1.165) is 0 Å². The van der Waals surface area contributed by atoms with Gasteiger partial charge in [0.2, 0.25) is 5.78 Å². The lowest BCUT2D eigenvalue weighted by Crippen LogP contribution is -2.39. The molecular weight excluding hydrogens is 484 g/mol. The lowest BCUT2D eigenvalue weighted by molar-refractivity contribution is -0.239. The van der Waals surface area contributed by atoms with Gasteiger partial charge in [0.15, 0.2) is 17.9 Å². The van der Waals surface area contributed by atoms with E-state index in [1.807, 2.05) is 0 Å². The van der Waals surface area contributed by atoms with E-state index in [9.17, 15) is 34.8 Å². The van der Waals surface area contributed by atoms with Crippen LogP contribution in [0.15, 0.2) is 18.2 Å². The Morgan fingerprint density at radius 1 is 1.08 bits per heavy atom. The number of aliphatic hydroxyl groups is 2. The second kappa shape index (κ2) is 9.53. The number of aromatic hydroxyl groups is 2. The zero-order chi connectivity index (χ0) is 26.6. The van der Waals surface area contributed by atoms with Crippen molar-refractivity contribution in [1.29, 1.82) is 0 Å². The molecule has 0 bridgehead atoms. The van der Waals surface area contributed by atoms with Gasteiger partial charge in [-0.25, -0.2) is 0 Å². The van der Waals surface area contributed by atoms with E-state index in [1.54, 1.807) is 13.0 Å². The number of ketones is 3. The molecule has 5 atom stereocenters. The summed E-state index contributed by atoms with van der Waals surface area (Å²) in [5.74, 6) is -3.46. The molecule has 196 valence electrons. The van der Waals surface area contributed by atoms with Crippen molar-refractivity contribution in [3.05, 3.63) is 51.6 Å². The summed E-state index contributed by atoms with van der Waals surface area (Å²) in [7, 11) is 1.36. The van der Waals surface area contributed by atoms with Gasteiger partial charge in [0, 0.05) is 29.0 Å². The van der Waals surface area contributed by atoms with Crippen molar-refractivity contribution in [3.8, 4) is 17.2 Å². The highest BCUT2D eigenvalue weighted by Crippen LogP contribution is 2.51. The Bertz CT molecular complexity index is 1300. The number of fused-ring (bicyclic) bond motifs is 3. The fraction of sp³-hybridized carbons (Fsp3) is 0.444. The van der Waals surface area contributed by atoms with Gasteiger partial charge in [-0.1, -0.05) is 12.1 Å². The minimum absolute atomic E-state index is 0.0165. The molecule has 0 unspecified atom stereocenters. The molecule has 2 aromatic rings. The van der Waals surface area contributed by atoms with Gasteiger partial charge in [0.05, 0.1) is 42.1 Å². The maximum absolute atomic E-state index is 13.6. The van der Waals surface area contributed by atoms with Crippen LogP contribution in [0.25, 0.3) is 0 Å². The summed E-state index contributed by atoms with van der Waals surface area (Å²) in [5.41, 5.74) is -0.482. The SMILES string of the molecule is COc1cccc2c1C(=O)c1c(O)c3c(c(O)c1C2=O)C[C@@H](C(=O)CO)C[C@@H]3O[C@H]1CC[C@H](O)[C@H](C)O1. The van der Waals surface area contributed by atoms with E-state index < -0.39 is 66.0 Å². The topological polar surface area (TPSA) is 160 Å². The first-order valence-corrected chi connectivity index (χ1v) is 12.2. The summed E-state index contributed by atoms with van der Waals surface area (Å²) in [6.45, 7) is 0.972. The monoisotopic (exact) mass is 512 g/mol. The molecule has 2 aromatic carbocycles. The predicted molar refractivity (Wildman–Crippen MR) is 127 cm³/mol. The van der Waals surface area contributed by atoms with E-state index in [-0.39, 0.29) is 52.0 Å². The van der Waals surface area contributed by atoms with Crippen LogP contribution in [-0.4, -0.2) is 70.0 Å². The summed E-state index contributed by atoms with van der Waals surface area (Å²) in [4.78, 5) is 39.6. The molecule has 1 heterocycles. The molecule has 2 aliphatic carbocycles. The maximum Gasteiger partial charge on any atom is 0.202 e. The van der Waals surface area contributed by atoms with Crippen molar-refractivity contribution < 1.29 is 49.0 Å². The average molecular weight is 513 g/mol. The molecule has 0 radical (unpaired) electrons. The van der Waals surface area contributed by atoms with Gasteiger partial charge in [-0.3, -0.25) is 14.4 Å². The Morgan fingerprint density at radius 3 is 2.49 bits per heavy atom. The number of ether oxygens (including phenoxy) is 3. The van der Waals surface area contributed by atoms with Crippen molar-refractivity contribution in [3.63, 3.8) is 0 Å². The lowest BCUT2D eigenvalue weighted by Gasteiger charge is -2.38. The number of methoxy groups -OCH3 is 1. The Labute approximate surface area is 212 Å². The average Bonchev–Trinajstić information content (AvgIpc) is 2.90. The fourth-order valence-corrected chi connectivity index (χ4v) is 5.60. The van der Waals surface area contributed by atoms with Crippen molar-refractivity contribution in [1.82, 2.24) is 0 Å². The smallest absolute Gasteiger partial charge is 0.202 e. The normalized spacial score (nSPS) is 26.8. The zero-order valence-corrected chi connectivity index (χ0v) is 20.4. The minimum Gasteiger partial charge on any atom is -0.507 e. The molecular formula is C27H28O10. The lowest BCUT2D eigenvalue weighted by atomic mass is 9.73. The van der Waals surface area contributed by atoms with Gasteiger partial charge in [-0.05, 0) is 32.3 Å². The number of phenolic OH excluding ortho intramolecular Hbond substituents is 2. The number of hydrogen-bond acceptors (Lipinski definition) is 10. The standard InChI is InChI=1S/C27H28O10/c1-11-15(29)6-7-19(36-11)37-18-9-12(16(30)10-28)8-14-21(18)27(34)23-22(25(14)32)24(31)13-4-3-5-17(35-2)20(13)26(23)33/h3-5,11-12,15,18-19,28-29,32,34H,6-10H2,1-2H3/t11-,12+,15-,18-,19-/m0/s1. The maximum atomic E-state index is 13.6. The number of aliphatic hydroxyl groups excluding tert-OH is 2. The zero-order valence-electron chi connectivity index (χ0n) is 20.4. The molecule has 5 rings (SSSR count). The van der Waals surface area contributed by atoms with Crippen LogP contribution in [0.4, 0.5) is 0 Å². The van der Waals surface area contributed by atoms with E-state index in [1.165, 1.54) is 19.2 Å². The largest absolute Gasteiger partial charge is 0.507 e. The Hall–Kier alpha value is -3.31. The van der Waals surface area contributed by atoms with Crippen LogP contribution in [0.3, 0.4) is 0 Å². The molecule has 1 saturated heterocycles. The van der Waals surface area contributed by atoms with Crippen molar-refractivity contribution in [2.24, 2.45) is 5.92 Å². The Kier molecular flexibility index (Phi) is 6.53. The highest BCUT2D eigenvalue weighted by Gasteiger charge is 2.44. The molecule has 4 N–H and O–H groups in total. The number of carbonyl (C=O) groups is 3. The molecule has 3 aliphatic rings. The van der Waals surface area contributed by atoms with Crippen LogP contribution in [-0.2, 0) is 20.7 Å². The summed E-state index contributed by atoms with van der Waals surface area (Å²) in [6, 6.07) is 4.51. The number of phenols is 2. The molecule has 37 heavy (non-hydrogen) atoms. The third-order valence-corrected chi connectivity index (χ3v) is 7.57. The molecule has 1 aliphatic heterocycles. The van der Waals surface area contributed by atoms with Gasteiger partial charge in [0.25, 0.3) is 0 Å². The first-order chi connectivity index (χ1) is 17.7. The highest BCUT2D eigenvalue weighted by molar-refractivity contribution is 6.31. The first-order valence-electron chi connectivity index (χ1n) is 12.2. The number of rotatable bonds is 5. The second-order valence-corrected chi connectivity index (χ2v) is 9.68. The quantitative estimate of drug-likeness (QED) is 0.372. The van der Waals surface area contributed by atoms with E-state index in [2.05, 4.69) is 0 Å². The van der Waals surface area contributed by atoms with Crippen LogP contribution < -0.4 is 4.74 Å². The summed E-state index contributed by atoms with van der Waals surface area (Å²) in [6.07, 6.45) is -2.20. The van der Waals surface area contributed by atoms with Gasteiger partial charge >= 0.3 is 0 Å². The van der Waals surface area contributed by atoms with E-state index in [0.29, 0.717) is 12.8 Å². The summed E-state index contributed by atoms with van der Waals surface area (Å²) in [5, 5.41) is 42.2. The number of benzene rings is 2. The number of carbonyl (C=O) groups excluding carboxylic acids is 3. The van der Waals surface area contributed by atoms with Crippen LogP contribution in [0.1, 0.15) is 75.3 Å². The Morgan fingerprint density at radius 2 is 1.81 bits per heavy atom. The first kappa shape index (κ1) is 25.3. The van der Waals surface area contributed by atoms with Crippen LogP contribution in [0, 0.1) is 5.92 Å². The molecule has 0 amide bonds. The van der Waals surface area contributed by atoms with Crippen molar-refractivity contribution >= 4 is 17.3 Å². The number of Topliss-reactive ketones (excluding diaryl/α,β-unsaturated/α-hetero) is 1. The molecule has 10 nitrogen and oxygen atoms in total. The van der Waals surface area contributed by atoms with E-state index in [4.69, 9.17) is 14.2 Å². The second-order valence-electron chi connectivity index (χ2n) is 9.68. The van der Waals surface area contributed by atoms with Gasteiger partial charge in [-0.2, -0.15) is 0 Å². The van der Waals surface area contributed by atoms with Gasteiger partial charge in [-0.15, -0.1) is 0 Å². The number of hydrogen-bond donors (Lipinski definition) is 4. The minimum atomic E-state index is -0.991. The third kappa shape index (κ3) is 4.00. The molecule has 0 saturated carbocycles. The molecule has 0 aromatic heterocycles. The summed E-state index contributed by atoms with van der Waals surface area (Å²) >= 11 is 0. The Balaban J connectivity index is 1.66. The van der Waals surface area contributed by atoms with Crippen LogP contribution >= 0.6 is 0 Å². The third-order valence-electron chi connectivity index (χ3n) is 7.57. The van der Waals surface area contributed by atoms with Crippen LogP contribution in [0.2, 0.25) is 0 Å². The van der Waals surface area contributed by atoms with Gasteiger partial charge < -0.3 is 34.6 Å².